The van der Waals surface area contributed by atoms with Crippen LogP contribution in [0.2, 0.25) is 0 Å². The third-order valence-corrected chi connectivity index (χ3v) is 2.51. The lowest BCUT2D eigenvalue weighted by molar-refractivity contribution is -0.193. The van der Waals surface area contributed by atoms with Crippen LogP contribution in [0.4, 0.5) is 26.3 Å². The first kappa shape index (κ1) is 25.7. The molecule has 1 unspecified atom stereocenters. The molecule has 0 saturated carbocycles. The van der Waals surface area contributed by atoms with Gasteiger partial charge in [0, 0.05) is 12.5 Å². The second-order valence-corrected chi connectivity index (χ2v) is 4.59. The monoisotopic (exact) mass is 400 g/mol. The van der Waals surface area contributed by atoms with E-state index in [9.17, 15) is 35.9 Å². The van der Waals surface area contributed by atoms with E-state index in [2.05, 4.69) is 0 Å². The molecule has 1 aliphatic heterocycles. The molecule has 15 heteroatoms. The summed E-state index contributed by atoms with van der Waals surface area (Å²) in [4.78, 5) is 41.1. The first-order chi connectivity index (χ1) is 11.5. The molecular formula is C11H14F6N2O7. The molecule has 152 valence electrons. The predicted molar refractivity (Wildman–Crippen MR) is 67.7 cm³/mol. The van der Waals surface area contributed by atoms with E-state index >= 15 is 0 Å². The number of hydrogen-bond donors (Lipinski definition) is 4. The van der Waals surface area contributed by atoms with Gasteiger partial charge in [-0.25, -0.2) is 15.1 Å². The highest BCUT2D eigenvalue weighted by Gasteiger charge is 2.38. The standard InChI is InChI=1S/C7H12N2O3.2C2HF3O2/c1-5-2-3-9(7(5)11)4-6(10)8-12;2*3-2(4,5)1(6)7/h5,12H,2-4H2,1H3,(H,8,10);2*(H,6,7). The summed E-state index contributed by atoms with van der Waals surface area (Å²) in [5.74, 6) is -6.06. The van der Waals surface area contributed by atoms with Gasteiger partial charge in [0.15, 0.2) is 0 Å². The largest absolute Gasteiger partial charge is 0.490 e. The molecule has 26 heavy (non-hydrogen) atoms. The van der Waals surface area contributed by atoms with Gasteiger partial charge >= 0.3 is 24.3 Å². The third kappa shape index (κ3) is 11.1. The molecule has 1 atom stereocenters. The molecular weight excluding hydrogens is 386 g/mol. The Morgan fingerprint density at radius 2 is 1.42 bits per heavy atom. The highest BCUT2D eigenvalue weighted by molar-refractivity contribution is 5.86. The van der Waals surface area contributed by atoms with Crippen LogP contribution in [0.5, 0.6) is 0 Å². The minimum atomic E-state index is -5.08. The van der Waals surface area contributed by atoms with Crippen LogP contribution < -0.4 is 5.48 Å². The maximum absolute atomic E-state index is 11.2. The summed E-state index contributed by atoms with van der Waals surface area (Å²) in [6, 6.07) is 0. The molecule has 0 aromatic carbocycles. The van der Waals surface area contributed by atoms with Gasteiger partial charge in [0.25, 0.3) is 5.91 Å². The first-order valence-corrected chi connectivity index (χ1v) is 6.36. The van der Waals surface area contributed by atoms with Gasteiger partial charge < -0.3 is 15.1 Å². The lowest BCUT2D eigenvalue weighted by Gasteiger charge is -2.13. The molecule has 9 nitrogen and oxygen atoms in total. The number of halogens is 6. The zero-order chi connectivity index (χ0) is 21.3. The Morgan fingerprint density at radius 3 is 1.62 bits per heavy atom. The number of carboxylic acid groups (broad SMARTS) is 2. The van der Waals surface area contributed by atoms with Crippen molar-refractivity contribution in [3.63, 3.8) is 0 Å². The molecule has 0 aliphatic carbocycles. The van der Waals surface area contributed by atoms with Gasteiger partial charge in [-0.15, -0.1) is 0 Å². The average Bonchev–Trinajstić information content (AvgIpc) is 2.78. The van der Waals surface area contributed by atoms with Crippen molar-refractivity contribution in [2.24, 2.45) is 5.92 Å². The molecule has 0 radical (unpaired) electrons. The number of likely N-dealkylation sites (tertiary alicyclic amines) is 1. The van der Waals surface area contributed by atoms with Gasteiger partial charge in [-0.05, 0) is 6.42 Å². The third-order valence-electron chi connectivity index (χ3n) is 2.51. The van der Waals surface area contributed by atoms with Crippen LogP contribution in [-0.2, 0) is 19.2 Å². The minimum absolute atomic E-state index is 0.0106. The number of rotatable bonds is 2. The number of aliphatic carboxylic acids is 2. The number of carbonyl (C=O) groups excluding carboxylic acids is 2. The van der Waals surface area contributed by atoms with E-state index in [0.29, 0.717) is 6.54 Å². The molecule has 4 N–H and O–H groups in total. The number of hydroxylamine groups is 1. The molecule has 0 aromatic rings. The topological polar surface area (TPSA) is 144 Å². The fourth-order valence-corrected chi connectivity index (χ4v) is 1.26. The van der Waals surface area contributed by atoms with Crippen LogP contribution in [0, 0.1) is 5.92 Å². The van der Waals surface area contributed by atoms with Crippen LogP contribution in [0.3, 0.4) is 0 Å². The van der Waals surface area contributed by atoms with E-state index in [1.807, 2.05) is 6.92 Å². The lowest BCUT2D eigenvalue weighted by atomic mass is 10.1. The predicted octanol–water partition coefficient (Wildman–Crippen LogP) is 0.627. The molecule has 0 aromatic heterocycles. The van der Waals surface area contributed by atoms with Crippen molar-refractivity contribution in [2.45, 2.75) is 25.7 Å². The summed E-state index contributed by atoms with van der Waals surface area (Å²) < 4.78 is 63.5. The second kappa shape index (κ2) is 10.4. The molecule has 1 saturated heterocycles. The maximum atomic E-state index is 11.2. The summed E-state index contributed by atoms with van der Waals surface area (Å²) >= 11 is 0. The van der Waals surface area contributed by atoms with Gasteiger partial charge in [0.05, 0.1) is 0 Å². The average molecular weight is 400 g/mol. The van der Waals surface area contributed by atoms with Crippen molar-refractivity contribution in [1.29, 1.82) is 0 Å². The Hall–Kier alpha value is -2.58. The second-order valence-electron chi connectivity index (χ2n) is 4.59. The van der Waals surface area contributed by atoms with Crippen molar-refractivity contribution in [1.82, 2.24) is 10.4 Å². The van der Waals surface area contributed by atoms with Crippen LogP contribution in [0.15, 0.2) is 0 Å². The number of nitrogens with zero attached hydrogens (tertiary/aromatic N) is 1. The fourth-order valence-electron chi connectivity index (χ4n) is 1.26. The summed E-state index contributed by atoms with van der Waals surface area (Å²) in [5.41, 5.74) is 1.49. The zero-order valence-corrected chi connectivity index (χ0v) is 12.9. The van der Waals surface area contributed by atoms with E-state index in [1.54, 1.807) is 0 Å². The molecule has 0 bridgehead atoms. The normalized spacial score (nSPS) is 16.7. The Kier molecular flexibility index (Phi) is 10.3. The Labute approximate surface area is 141 Å². The highest BCUT2D eigenvalue weighted by atomic mass is 19.4. The molecule has 1 rings (SSSR count). The SMILES string of the molecule is CC1CCN(CC(=O)NO)C1=O.O=C(O)C(F)(F)F.O=C(O)C(F)(F)F. The number of hydrogen-bond acceptors (Lipinski definition) is 5. The van der Waals surface area contributed by atoms with Crippen LogP contribution in [0.1, 0.15) is 13.3 Å². The Bertz CT molecular complexity index is 496. The molecule has 1 heterocycles. The van der Waals surface area contributed by atoms with Crippen molar-refractivity contribution in [3.05, 3.63) is 0 Å². The van der Waals surface area contributed by atoms with E-state index < -0.39 is 30.2 Å². The smallest absolute Gasteiger partial charge is 0.475 e. The van der Waals surface area contributed by atoms with Crippen molar-refractivity contribution < 1.29 is 60.9 Å². The lowest BCUT2D eigenvalue weighted by Crippen LogP contribution is -2.37. The first-order valence-electron chi connectivity index (χ1n) is 6.36. The number of carbonyl (C=O) groups is 4. The Balaban J connectivity index is 0. The number of carboxylic acids is 2. The van der Waals surface area contributed by atoms with Gasteiger partial charge in [0.2, 0.25) is 5.91 Å². The van der Waals surface area contributed by atoms with Crippen LogP contribution >= 0.6 is 0 Å². The molecule has 0 spiro atoms. The maximum Gasteiger partial charge on any atom is 0.490 e. The Morgan fingerprint density at radius 1 is 1.08 bits per heavy atom. The molecule has 2 amide bonds. The highest BCUT2D eigenvalue weighted by Crippen LogP contribution is 2.16. The molecule has 1 aliphatic rings. The van der Waals surface area contributed by atoms with Gasteiger partial charge in [0.1, 0.15) is 6.54 Å². The molecule has 1 fully saturated rings. The van der Waals surface area contributed by atoms with E-state index in [4.69, 9.17) is 25.0 Å². The van der Waals surface area contributed by atoms with E-state index in [1.165, 1.54) is 10.4 Å². The summed E-state index contributed by atoms with van der Waals surface area (Å²) in [6.45, 7) is 2.40. The van der Waals surface area contributed by atoms with Crippen molar-refractivity contribution in [2.75, 3.05) is 13.1 Å². The zero-order valence-electron chi connectivity index (χ0n) is 12.9. The number of amides is 2. The van der Waals surface area contributed by atoms with Crippen molar-refractivity contribution >= 4 is 23.8 Å². The van der Waals surface area contributed by atoms with Gasteiger partial charge in [-0.1, -0.05) is 6.92 Å². The van der Waals surface area contributed by atoms with Gasteiger partial charge in [-0.3, -0.25) is 14.8 Å². The summed E-state index contributed by atoms with van der Waals surface area (Å²) in [7, 11) is 0. The summed E-state index contributed by atoms with van der Waals surface area (Å²) in [6.07, 6.45) is -9.38. The summed E-state index contributed by atoms with van der Waals surface area (Å²) in [5, 5.41) is 22.5. The number of alkyl halides is 6. The van der Waals surface area contributed by atoms with E-state index in [0.717, 1.165) is 6.42 Å². The van der Waals surface area contributed by atoms with Crippen LogP contribution in [-0.4, -0.2) is 69.5 Å². The van der Waals surface area contributed by atoms with Gasteiger partial charge in [-0.2, -0.15) is 26.3 Å². The van der Waals surface area contributed by atoms with Crippen molar-refractivity contribution in [3.8, 4) is 0 Å². The minimum Gasteiger partial charge on any atom is -0.475 e. The number of nitrogens with one attached hydrogen (secondary N) is 1. The van der Waals surface area contributed by atoms with Crippen LogP contribution in [0.25, 0.3) is 0 Å². The quantitative estimate of drug-likeness (QED) is 0.302. The fraction of sp³-hybridized carbons (Fsp3) is 0.636. The van der Waals surface area contributed by atoms with E-state index in [-0.39, 0.29) is 18.4 Å².